The molecule has 0 bridgehead atoms. The molecule has 162 valence electrons. The van der Waals surface area contributed by atoms with E-state index < -0.39 is 15.9 Å². The second-order valence-electron chi connectivity index (χ2n) is 7.60. The van der Waals surface area contributed by atoms with Crippen molar-refractivity contribution in [1.82, 2.24) is 0 Å². The first-order valence-corrected chi connectivity index (χ1v) is 11.4. The van der Waals surface area contributed by atoms with Gasteiger partial charge in [-0.25, -0.2) is 8.42 Å². The highest BCUT2D eigenvalue weighted by Crippen LogP contribution is 2.23. The summed E-state index contributed by atoms with van der Waals surface area (Å²) in [5.41, 5.74) is 2.79. The Hall–Kier alpha value is -3.32. The van der Waals surface area contributed by atoms with Gasteiger partial charge < -0.3 is 10.1 Å². The predicted octanol–water partition coefficient (Wildman–Crippen LogP) is 5.14. The van der Waals surface area contributed by atoms with Crippen molar-refractivity contribution in [2.45, 2.75) is 38.7 Å². The minimum atomic E-state index is -3.85. The third-order valence-corrected chi connectivity index (χ3v) is 6.02. The van der Waals surface area contributed by atoms with E-state index in [0.717, 1.165) is 5.56 Å². The Morgan fingerprint density at radius 2 is 1.61 bits per heavy atom. The van der Waals surface area contributed by atoms with Gasteiger partial charge in [-0.05, 0) is 87.4 Å². The number of aryl methyl sites for hydroxylation is 2. The van der Waals surface area contributed by atoms with Crippen molar-refractivity contribution in [3.05, 3.63) is 83.4 Å². The van der Waals surface area contributed by atoms with E-state index in [9.17, 15) is 13.2 Å². The molecule has 0 unspecified atom stereocenters. The van der Waals surface area contributed by atoms with E-state index in [0.29, 0.717) is 22.7 Å². The van der Waals surface area contributed by atoms with E-state index in [2.05, 4.69) is 10.0 Å². The van der Waals surface area contributed by atoms with Crippen LogP contribution in [-0.2, 0) is 10.0 Å². The van der Waals surface area contributed by atoms with Gasteiger partial charge in [0.15, 0.2) is 0 Å². The Kier molecular flexibility index (Phi) is 6.65. The van der Waals surface area contributed by atoms with E-state index in [1.54, 1.807) is 61.5 Å². The molecule has 0 aliphatic rings. The van der Waals surface area contributed by atoms with Gasteiger partial charge in [0.1, 0.15) is 5.75 Å². The molecule has 0 radical (unpaired) electrons. The van der Waals surface area contributed by atoms with Crippen molar-refractivity contribution in [2.24, 2.45) is 0 Å². The zero-order valence-electron chi connectivity index (χ0n) is 18.0. The van der Waals surface area contributed by atoms with Gasteiger partial charge in [0.25, 0.3) is 15.9 Å². The van der Waals surface area contributed by atoms with Crippen LogP contribution in [0.3, 0.4) is 0 Å². The van der Waals surface area contributed by atoms with E-state index in [1.165, 1.54) is 6.07 Å². The summed E-state index contributed by atoms with van der Waals surface area (Å²) in [5.74, 6) is 0.309. The standard InChI is InChI=1S/C24H26N2O4S/c1-16(2)30-22-12-10-20(11-13-22)25-24(27)19-9-8-18(4)23(15-19)31(28,29)26-21-7-5-6-17(3)14-21/h5-16,26H,1-4H3,(H,25,27). The van der Waals surface area contributed by atoms with E-state index >= 15 is 0 Å². The molecule has 1 amide bonds. The van der Waals surface area contributed by atoms with Gasteiger partial charge in [-0.15, -0.1) is 0 Å². The molecule has 0 atom stereocenters. The summed E-state index contributed by atoms with van der Waals surface area (Å²) in [6, 6.07) is 18.7. The summed E-state index contributed by atoms with van der Waals surface area (Å²) in [4.78, 5) is 12.8. The third kappa shape index (κ3) is 5.86. The minimum Gasteiger partial charge on any atom is -0.491 e. The molecule has 0 fully saturated rings. The highest BCUT2D eigenvalue weighted by atomic mass is 32.2. The lowest BCUT2D eigenvalue weighted by molar-refractivity contribution is 0.102. The van der Waals surface area contributed by atoms with Gasteiger partial charge in [0, 0.05) is 16.9 Å². The maximum atomic E-state index is 12.9. The zero-order valence-corrected chi connectivity index (χ0v) is 18.8. The van der Waals surface area contributed by atoms with E-state index in [4.69, 9.17) is 4.74 Å². The van der Waals surface area contributed by atoms with E-state index in [-0.39, 0.29) is 16.6 Å². The SMILES string of the molecule is Cc1cccc(NS(=O)(=O)c2cc(C(=O)Nc3ccc(OC(C)C)cc3)ccc2C)c1. The summed E-state index contributed by atoms with van der Waals surface area (Å²) >= 11 is 0. The lowest BCUT2D eigenvalue weighted by atomic mass is 10.1. The van der Waals surface area contributed by atoms with Crippen molar-refractivity contribution >= 4 is 27.3 Å². The van der Waals surface area contributed by atoms with Crippen LogP contribution < -0.4 is 14.8 Å². The van der Waals surface area contributed by atoms with Gasteiger partial charge in [-0.3, -0.25) is 9.52 Å². The first-order valence-electron chi connectivity index (χ1n) is 9.92. The Bertz CT molecular complexity index is 1190. The Balaban J connectivity index is 1.80. The number of sulfonamides is 1. The van der Waals surface area contributed by atoms with Crippen LogP contribution in [-0.4, -0.2) is 20.4 Å². The molecule has 7 heteroatoms. The number of benzene rings is 3. The second kappa shape index (κ2) is 9.22. The molecular formula is C24H26N2O4S. The number of carbonyl (C=O) groups is 1. The Morgan fingerprint density at radius 3 is 2.26 bits per heavy atom. The number of carbonyl (C=O) groups excluding carboxylic acids is 1. The highest BCUT2D eigenvalue weighted by Gasteiger charge is 2.19. The number of nitrogens with one attached hydrogen (secondary N) is 2. The van der Waals surface area contributed by atoms with Crippen LogP contribution >= 0.6 is 0 Å². The van der Waals surface area contributed by atoms with Crippen LogP contribution in [0.15, 0.2) is 71.6 Å². The summed E-state index contributed by atoms with van der Waals surface area (Å²) < 4.78 is 34.0. The molecule has 0 aliphatic carbocycles. The topological polar surface area (TPSA) is 84.5 Å². The summed E-state index contributed by atoms with van der Waals surface area (Å²) in [7, 11) is -3.85. The fraction of sp³-hybridized carbons (Fsp3) is 0.208. The van der Waals surface area contributed by atoms with Gasteiger partial charge in [0.2, 0.25) is 0 Å². The molecule has 3 rings (SSSR count). The maximum absolute atomic E-state index is 12.9. The second-order valence-corrected chi connectivity index (χ2v) is 9.25. The largest absolute Gasteiger partial charge is 0.491 e. The van der Waals surface area contributed by atoms with Crippen molar-refractivity contribution < 1.29 is 17.9 Å². The smallest absolute Gasteiger partial charge is 0.262 e. The third-order valence-electron chi connectivity index (χ3n) is 4.49. The van der Waals surface area contributed by atoms with Crippen LogP contribution in [0.1, 0.15) is 35.3 Å². The van der Waals surface area contributed by atoms with Gasteiger partial charge in [-0.2, -0.15) is 0 Å². The molecule has 3 aromatic carbocycles. The minimum absolute atomic E-state index is 0.0572. The van der Waals surface area contributed by atoms with E-state index in [1.807, 2.05) is 26.8 Å². The van der Waals surface area contributed by atoms with Gasteiger partial charge >= 0.3 is 0 Å². The quantitative estimate of drug-likeness (QED) is 0.535. The molecule has 0 spiro atoms. The highest BCUT2D eigenvalue weighted by molar-refractivity contribution is 7.92. The zero-order chi connectivity index (χ0) is 22.6. The molecule has 3 aromatic rings. The number of hydrogen-bond acceptors (Lipinski definition) is 4. The number of rotatable bonds is 7. The monoisotopic (exact) mass is 438 g/mol. The number of amides is 1. The average Bonchev–Trinajstić information content (AvgIpc) is 2.69. The van der Waals surface area contributed by atoms with Crippen molar-refractivity contribution in [3.8, 4) is 5.75 Å². The molecule has 0 saturated carbocycles. The molecule has 0 saturated heterocycles. The Morgan fingerprint density at radius 1 is 0.903 bits per heavy atom. The molecule has 0 heterocycles. The average molecular weight is 439 g/mol. The molecule has 31 heavy (non-hydrogen) atoms. The van der Waals surface area contributed by atoms with Crippen LogP contribution in [0.25, 0.3) is 0 Å². The maximum Gasteiger partial charge on any atom is 0.262 e. The molecule has 0 aromatic heterocycles. The molecule has 2 N–H and O–H groups in total. The summed E-state index contributed by atoms with van der Waals surface area (Å²) in [6.45, 7) is 7.45. The lowest BCUT2D eigenvalue weighted by Crippen LogP contribution is -2.17. The predicted molar refractivity (Wildman–Crippen MR) is 123 cm³/mol. The van der Waals surface area contributed by atoms with Crippen molar-refractivity contribution in [1.29, 1.82) is 0 Å². The fourth-order valence-electron chi connectivity index (χ4n) is 3.04. The number of hydrogen-bond donors (Lipinski definition) is 2. The van der Waals surface area contributed by atoms with Crippen LogP contribution in [0.5, 0.6) is 5.75 Å². The van der Waals surface area contributed by atoms with Crippen molar-refractivity contribution in [3.63, 3.8) is 0 Å². The first kappa shape index (κ1) is 22.4. The van der Waals surface area contributed by atoms with Crippen LogP contribution in [0.4, 0.5) is 11.4 Å². The first-order chi connectivity index (χ1) is 14.6. The summed E-state index contributed by atoms with van der Waals surface area (Å²) in [6.07, 6.45) is 0.0572. The van der Waals surface area contributed by atoms with Gasteiger partial charge in [0.05, 0.1) is 11.0 Å². The lowest BCUT2D eigenvalue weighted by Gasteiger charge is -2.13. The van der Waals surface area contributed by atoms with Gasteiger partial charge in [-0.1, -0.05) is 18.2 Å². The fourth-order valence-corrected chi connectivity index (χ4v) is 4.36. The molecular weight excluding hydrogens is 412 g/mol. The summed E-state index contributed by atoms with van der Waals surface area (Å²) in [5, 5.41) is 2.78. The number of anilines is 2. The normalized spacial score (nSPS) is 11.3. The Labute approximate surface area is 183 Å². The van der Waals surface area contributed by atoms with Crippen LogP contribution in [0.2, 0.25) is 0 Å². The number of ether oxygens (including phenoxy) is 1. The molecule has 0 aliphatic heterocycles. The molecule has 6 nitrogen and oxygen atoms in total. The van der Waals surface area contributed by atoms with Crippen LogP contribution in [0, 0.1) is 13.8 Å². The van der Waals surface area contributed by atoms with Crippen molar-refractivity contribution in [2.75, 3.05) is 10.0 Å².